The van der Waals surface area contributed by atoms with Gasteiger partial charge in [-0.05, 0) is 42.3 Å². The molecule has 3 rings (SSSR count). The van der Waals surface area contributed by atoms with Crippen molar-refractivity contribution in [3.05, 3.63) is 63.1 Å². The fourth-order valence-corrected chi connectivity index (χ4v) is 3.98. The first-order chi connectivity index (χ1) is 13.5. The number of benzene rings is 1. The van der Waals surface area contributed by atoms with Crippen LogP contribution in [0.2, 0.25) is 10.0 Å². The number of amides is 1. The van der Waals surface area contributed by atoms with Crippen LogP contribution in [0.25, 0.3) is 10.6 Å². The minimum atomic E-state index is -0.244. The van der Waals surface area contributed by atoms with Crippen molar-refractivity contribution in [2.24, 2.45) is 5.73 Å². The van der Waals surface area contributed by atoms with E-state index in [4.69, 9.17) is 28.9 Å². The van der Waals surface area contributed by atoms with Crippen LogP contribution in [0, 0.1) is 0 Å². The van der Waals surface area contributed by atoms with Gasteiger partial charge in [-0.25, -0.2) is 9.97 Å². The average molecular weight is 436 g/mol. The van der Waals surface area contributed by atoms with Gasteiger partial charge in [0.15, 0.2) is 0 Å². The zero-order chi connectivity index (χ0) is 20.1. The van der Waals surface area contributed by atoms with Gasteiger partial charge in [-0.3, -0.25) is 4.79 Å². The van der Waals surface area contributed by atoms with Crippen molar-refractivity contribution in [1.29, 1.82) is 0 Å². The minimum absolute atomic E-state index is 0.181. The Labute approximate surface area is 177 Å². The van der Waals surface area contributed by atoms with Crippen molar-refractivity contribution in [2.45, 2.75) is 12.5 Å². The maximum Gasteiger partial charge on any atom is 0.261 e. The fraction of sp³-hybridized carbons (Fsp3) is 0.211. The molecule has 28 heavy (non-hydrogen) atoms. The van der Waals surface area contributed by atoms with E-state index in [1.54, 1.807) is 37.5 Å². The Hall–Kier alpha value is -2.19. The number of nitrogens with one attached hydrogen (secondary N) is 2. The van der Waals surface area contributed by atoms with Gasteiger partial charge in [0, 0.05) is 35.9 Å². The predicted molar refractivity (Wildman–Crippen MR) is 115 cm³/mol. The van der Waals surface area contributed by atoms with E-state index in [-0.39, 0.29) is 11.9 Å². The number of hydrogen-bond donors (Lipinski definition) is 3. The van der Waals surface area contributed by atoms with Gasteiger partial charge in [-0.15, -0.1) is 11.3 Å². The molecule has 4 N–H and O–H groups in total. The van der Waals surface area contributed by atoms with Gasteiger partial charge < -0.3 is 16.4 Å². The molecule has 0 saturated heterocycles. The van der Waals surface area contributed by atoms with E-state index in [2.05, 4.69) is 20.6 Å². The summed E-state index contributed by atoms with van der Waals surface area (Å²) >= 11 is 13.5. The Morgan fingerprint density at radius 2 is 2.07 bits per heavy atom. The lowest BCUT2D eigenvalue weighted by Gasteiger charge is -2.17. The number of carbonyl (C=O) groups is 1. The molecule has 3 aromatic rings. The van der Waals surface area contributed by atoms with Crippen LogP contribution >= 0.6 is 34.5 Å². The Balaban J connectivity index is 1.70. The first-order valence-corrected chi connectivity index (χ1v) is 10.1. The molecular formula is C19H19Cl2N5OS. The summed E-state index contributed by atoms with van der Waals surface area (Å²) in [7, 11) is 1.76. The monoisotopic (exact) mass is 435 g/mol. The number of nitrogens with two attached hydrogens (primary N) is 1. The van der Waals surface area contributed by atoms with Gasteiger partial charge >= 0.3 is 0 Å². The highest BCUT2D eigenvalue weighted by Crippen LogP contribution is 2.27. The van der Waals surface area contributed by atoms with Gasteiger partial charge in [0.25, 0.3) is 5.91 Å². The van der Waals surface area contributed by atoms with Gasteiger partial charge in [-0.2, -0.15) is 0 Å². The van der Waals surface area contributed by atoms with Crippen LogP contribution in [-0.4, -0.2) is 35.5 Å². The molecule has 1 atom stereocenters. The van der Waals surface area contributed by atoms with E-state index in [0.717, 1.165) is 16.1 Å². The number of aromatic nitrogens is 2. The van der Waals surface area contributed by atoms with E-state index in [1.807, 2.05) is 12.1 Å². The maximum absolute atomic E-state index is 12.7. The smallest absolute Gasteiger partial charge is 0.261 e. The van der Waals surface area contributed by atoms with Crippen molar-refractivity contribution in [3.63, 3.8) is 0 Å². The molecule has 1 aromatic carbocycles. The summed E-state index contributed by atoms with van der Waals surface area (Å²) in [4.78, 5) is 22.6. The highest BCUT2D eigenvalue weighted by molar-refractivity contribution is 7.17. The molecule has 0 aliphatic heterocycles. The molecule has 0 unspecified atom stereocenters. The van der Waals surface area contributed by atoms with Crippen LogP contribution in [0.1, 0.15) is 15.2 Å². The topological polar surface area (TPSA) is 92.9 Å². The van der Waals surface area contributed by atoms with E-state index < -0.39 is 0 Å². The van der Waals surface area contributed by atoms with Crippen molar-refractivity contribution >= 4 is 46.4 Å². The number of halogens is 2. The van der Waals surface area contributed by atoms with Crippen molar-refractivity contribution in [2.75, 3.05) is 18.9 Å². The standard InChI is InChI=1S/C19H19Cl2N5OS/c1-23-19-24-7-6-15(26-19)16-4-5-17(28-16)18(27)25-13(10-22)8-11-2-3-12(20)9-14(11)21/h2-7,9,13H,8,10,22H2,1H3,(H,25,27)(H,23,24,26)/t13-/m1/s1. The molecule has 0 bridgehead atoms. The summed E-state index contributed by atoms with van der Waals surface area (Å²) in [5, 5.41) is 7.00. The minimum Gasteiger partial charge on any atom is -0.357 e. The fourth-order valence-electron chi connectivity index (χ4n) is 2.62. The lowest BCUT2D eigenvalue weighted by atomic mass is 10.1. The Kier molecular flexibility index (Phi) is 6.85. The summed E-state index contributed by atoms with van der Waals surface area (Å²) < 4.78 is 0. The second-order valence-corrected chi connectivity index (χ2v) is 7.95. The third-order valence-electron chi connectivity index (χ3n) is 4.06. The molecular weight excluding hydrogens is 417 g/mol. The normalized spacial score (nSPS) is 11.9. The Morgan fingerprint density at radius 1 is 1.25 bits per heavy atom. The first-order valence-electron chi connectivity index (χ1n) is 8.56. The molecule has 0 aliphatic rings. The SMILES string of the molecule is CNc1nccc(-c2ccc(C(=O)N[C@@H](CN)Cc3ccc(Cl)cc3Cl)s2)n1. The molecule has 0 fully saturated rings. The summed E-state index contributed by atoms with van der Waals surface area (Å²) in [5.41, 5.74) is 7.49. The summed E-state index contributed by atoms with van der Waals surface area (Å²) in [6, 6.07) is 10.5. The number of hydrogen-bond acceptors (Lipinski definition) is 6. The van der Waals surface area contributed by atoms with Crippen LogP contribution < -0.4 is 16.4 Å². The van der Waals surface area contributed by atoms with E-state index >= 15 is 0 Å². The quantitative estimate of drug-likeness (QED) is 0.523. The molecule has 0 aliphatic carbocycles. The first kappa shape index (κ1) is 20.5. The predicted octanol–water partition coefficient (Wildman–Crippen LogP) is 3.85. The summed E-state index contributed by atoms with van der Waals surface area (Å²) in [6.45, 7) is 0.292. The van der Waals surface area contributed by atoms with Gasteiger partial charge in [-0.1, -0.05) is 29.3 Å². The second kappa shape index (κ2) is 9.34. The van der Waals surface area contributed by atoms with Crippen LogP contribution in [0.4, 0.5) is 5.95 Å². The summed E-state index contributed by atoms with van der Waals surface area (Å²) in [6.07, 6.45) is 2.20. The van der Waals surface area contributed by atoms with Crippen LogP contribution in [0.3, 0.4) is 0 Å². The van der Waals surface area contributed by atoms with E-state index in [1.165, 1.54) is 11.3 Å². The molecule has 0 saturated carbocycles. The number of anilines is 1. The zero-order valence-corrected chi connectivity index (χ0v) is 17.4. The molecule has 0 radical (unpaired) electrons. The second-order valence-electron chi connectivity index (χ2n) is 6.03. The van der Waals surface area contributed by atoms with E-state index in [9.17, 15) is 4.79 Å². The van der Waals surface area contributed by atoms with Gasteiger partial charge in [0.1, 0.15) is 0 Å². The maximum atomic E-state index is 12.7. The number of rotatable bonds is 7. The van der Waals surface area contributed by atoms with Crippen LogP contribution in [0.5, 0.6) is 0 Å². The largest absolute Gasteiger partial charge is 0.357 e. The molecule has 6 nitrogen and oxygen atoms in total. The molecule has 2 aromatic heterocycles. The van der Waals surface area contributed by atoms with E-state index in [0.29, 0.717) is 33.8 Å². The highest BCUT2D eigenvalue weighted by Gasteiger charge is 2.17. The highest BCUT2D eigenvalue weighted by atomic mass is 35.5. The zero-order valence-electron chi connectivity index (χ0n) is 15.1. The van der Waals surface area contributed by atoms with Crippen LogP contribution in [-0.2, 0) is 6.42 Å². The number of carbonyl (C=O) groups excluding carboxylic acids is 1. The Morgan fingerprint density at radius 3 is 2.79 bits per heavy atom. The van der Waals surface area contributed by atoms with Crippen molar-refractivity contribution < 1.29 is 4.79 Å². The summed E-state index contributed by atoms with van der Waals surface area (Å²) in [5.74, 6) is 0.347. The van der Waals surface area contributed by atoms with Gasteiger partial charge in [0.2, 0.25) is 5.95 Å². The lowest BCUT2D eigenvalue weighted by molar-refractivity contribution is 0.0942. The lowest BCUT2D eigenvalue weighted by Crippen LogP contribution is -2.41. The number of thiophene rings is 1. The average Bonchev–Trinajstić information content (AvgIpc) is 3.19. The molecule has 9 heteroatoms. The third kappa shape index (κ3) is 4.99. The van der Waals surface area contributed by atoms with Gasteiger partial charge in [0.05, 0.1) is 15.4 Å². The van der Waals surface area contributed by atoms with Crippen LogP contribution in [0.15, 0.2) is 42.6 Å². The molecule has 1 amide bonds. The number of nitrogens with zero attached hydrogens (tertiary/aromatic N) is 2. The molecule has 2 heterocycles. The molecule has 146 valence electrons. The van der Waals surface area contributed by atoms with Crippen molar-refractivity contribution in [3.8, 4) is 10.6 Å². The van der Waals surface area contributed by atoms with Crippen molar-refractivity contribution in [1.82, 2.24) is 15.3 Å². The molecule has 0 spiro atoms. The Bertz CT molecular complexity index is 978. The third-order valence-corrected chi connectivity index (χ3v) is 5.76.